The summed E-state index contributed by atoms with van der Waals surface area (Å²) in [5.41, 5.74) is 1.32. The predicted octanol–water partition coefficient (Wildman–Crippen LogP) is 7.12. The van der Waals surface area contributed by atoms with Crippen molar-refractivity contribution in [3.8, 4) is 6.07 Å². The molecule has 4 aliphatic rings. The fourth-order valence-corrected chi connectivity index (χ4v) is 8.47. The van der Waals surface area contributed by atoms with E-state index in [-0.39, 0.29) is 0 Å². The van der Waals surface area contributed by atoms with Gasteiger partial charge in [-0.15, -0.1) is 0 Å². The Hall–Kier alpha value is -0.510. The highest BCUT2D eigenvalue weighted by Crippen LogP contribution is 2.67. The maximum atomic E-state index is 8.79. The van der Waals surface area contributed by atoms with Gasteiger partial charge in [-0.1, -0.05) is 33.1 Å². The van der Waals surface area contributed by atoms with E-state index in [0.717, 1.165) is 42.4 Å². The summed E-state index contributed by atoms with van der Waals surface area (Å²) in [6.07, 6.45) is 19.7. The monoisotopic (exact) mass is 341 g/mol. The lowest BCUT2D eigenvalue weighted by Gasteiger charge is -2.60. The second-order valence-corrected chi connectivity index (χ2v) is 10.6. The minimum atomic E-state index is 0.631. The molecule has 0 spiro atoms. The SMILES string of the molecule is CC12CCCCC1CCC1C2CCC2(C)C(CCCCC#N)CCC12. The van der Waals surface area contributed by atoms with Gasteiger partial charge in [0.1, 0.15) is 0 Å². The molecular formula is C24H39N. The average Bonchev–Trinajstić information content (AvgIpc) is 2.95. The van der Waals surface area contributed by atoms with Crippen LogP contribution >= 0.6 is 0 Å². The fourth-order valence-electron chi connectivity index (χ4n) is 8.47. The van der Waals surface area contributed by atoms with E-state index >= 15 is 0 Å². The van der Waals surface area contributed by atoms with Gasteiger partial charge in [0.05, 0.1) is 6.07 Å². The van der Waals surface area contributed by atoms with Gasteiger partial charge in [0.2, 0.25) is 0 Å². The third kappa shape index (κ3) is 2.87. The maximum Gasteiger partial charge on any atom is 0.0621 e. The third-order valence-corrected chi connectivity index (χ3v) is 9.87. The van der Waals surface area contributed by atoms with E-state index in [2.05, 4.69) is 19.9 Å². The van der Waals surface area contributed by atoms with Crippen molar-refractivity contribution in [2.24, 2.45) is 40.4 Å². The Balaban J connectivity index is 1.47. The molecule has 4 rings (SSSR count). The molecule has 0 aliphatic heterocycles. The largest absolute Gasteiger partial charge is 0.198 e. The van der Waals surface area contributed by atoms with E-state index < -0.39 is 0 Å². The van der Waals surface area contributed by atoms with E-state index in [4.69, 9.17) is 5.26 Å². The van der Waals surface area contributed by atoms with Crippen LogP contribution in [0.1, 0.15) is 104 Å². The van der Waals surface area contributed by atoms with Gasteiger partial charge in [0.25, 0.3) is 0 Å². The summed E-state index contributed by atoms with van der Waals surface area (Å²) in [5.74, 6) is 5.11. The molecule has 140 valence electrons. The van der Waals surface area contributed by atoms with Crippen LogP contribution < -0.4 is 0 Å². The molecule has 25 heavy (non-hydrogen) atoms. The van der Waals surface area contributed by atoms with Crippen molar-refractivity contribution in [3.63, 3.8) is 0 Å². The number of unbranched alkanes of at least 4 members (excludes halogenated alkanes) is 2. The van der Waals surface area contributed by atoms with Gasteiger partial charge < -0.3 is 0 Å². The molecule has 4 saturated carbocycles. The zero-order valence-corrected chi connectivity index (χ0v) is 16.7. The summed E-state index contributed by atoms with van der Waals surface area (Å²) in [5, 5.41) is 8.79. The highest BCUT2D eigenvalue weighted by molar-refractivity contribution is 5.08. The molecular weight excluding hydrogens is 302 g/mol. The molecule has 0 heterocycles. The van der Waals surface area contributed by atoms with Gasteiger partial charge in [0.15, 0.2) is 0 Å². The van der Waals surface area contributed by atoms with Crippen LogP contribution in [0.15, 0.2) is 0 Å². The zero-order chi connectivity index (χ0) is 17.5. The van der Waals surface area contributed by atoms with Gasteiger partial charge in [-0.2, -0.15) is 5.26 Å². The number of nitriles is 1. The van der Waals surface area contributed by atoms with Crippen molar-refractivity contribution in [2.45, 2.75) is 104 Å². The van der Waals surface area contributed by atoms with E-state index in [1.165, 1.54) is 70.6 Å². The van der Waals surface area contributed by atoms with Crippen molar-refractivity contribution >= 4 is 0 Å². The van der Waals surface area contributed by atoms with Crippen molar-refractivity contribution in [2.75, 3.05) is 0 Å². The summed E-state index contributed by atoms with van der Waals surface area (Å²) in [4.78, 5) is 0. The molecule has 0 radical (unpaired) electrons. The second-order valence-electron chi connectivity index (χ2n) is 10.6. The van der Waals surface area contributed by atoms with Crippen LogP contribution in [0, 0.1) is 51.8 Å². The molecule has 1 heteroatoms. The van der Waals surface area contributed by atoms with Gasteiger partial charge in [0, 0.05) is 6.42 Å². The molecule has 4 fully saturated rings. The van der Waals surface area contributed by atoms with E-state index in [0.29, 0.717) is 10.8 Å². The molecule has 7 unspecified atom stereocenters. The molecule has 0 aromatic rings. The normalized spacial score (nSPS) is 48.9. The molecule has 0 aromatic carbocycles. The average molecular weight is 342 g/mol. The Morgan fingerprint density at radius 3 is 2.52 bits per heavy atom. The Kier molecular flexibility index (Phi) is 4.94. The van der Waals surface area contributed by atoms with Gasteiger partial charge >= 0.3 is 0 Å². The summed E-state index contributed by atoms with van der Waals surface area (Å²) >= 11 is 0. The van der Waals surface area contributed by atoms with Crippen molar-refractivity contribution in [1.82, 2.24) is 0 Å². The first kappa shape index (κ1) is 17.9. The van der Waals surface area contributed by atoms with Crippen LogP contribution in [0.4, 0.5) is 0 Å². The van der Waals surface area contributed by atoms with Gasteiger partial charge in [-0.3, -0.25) is 0 Å². The first-order valence-corrected chi connectivity index (χ1v) is 11.5. The lowest BCUT2D eigenvalue weighted by molar-refractivity contribution is -0.111. The highest BCUT2D eigenvalue weighted by atomic mass is 14.6. The minimum Gasteiger partial charge on any atom is -0.198 e. The van der Waals surface area contributed by atoms with Crippen LogP contribution in [-0.2, 0) is 0 Å². The number of hydrogen-bond donors (Lipinski definition) is 0. The second kappa shape index (κ2) is 6.90. The van der Waals surface area contributed by atoms with E-state index in [1.807, 2.05) is 0 Å². The lowest BCUT2D eigenvalue weighted by atomic mass is 9.45. The van der Waals surface area contributed by atoms with Crippen LogP contribution in [0.5, 0.6) is 0 Å². The van der Waals surface area contributed by atoms with Crippen molar-refractivity contribution in [3.05, 3.63) is 0 Å². The number of fused-ring (bicyclic) bond motifs is 5. The first-order chi connectivity index (χ1) is 12.1. The Morgan fingerprint density at radius 1 is 0.840 bits per heavy atom. The minimum absolute atomic E-state index is 0.631. The molecule has 0 saturated heterocycles. The quantitative estimate of drug-likeness (QED) is 0.499. The van der Waals surface area contributed by atoms with Crippen molar-refractivity contribution in [1.29, 1.82) is 5.26 Å². The fraction of sp³-hybridized carbons (Fsp3) is 0.958. The molecule has 0 aromatic heterocycles. The predicted molar refractivity (Wildman–Crippen MR) is 104 cm³/mol. The van der Waals surface area contributed by atoms with Crippen LogP contribution in [0.2, 0.25) is 0 Å². The lowest BCUT2D eigenvalue weighted by Crippen LogP contribution is -2.52. The van der Waals surface area contributed by atoms with E-state index in [1.54, 1.807) is 6.42 Å². The number of hydrogen-bond acceptors (Lipinski definition) is 1. The zero-order valence-electron chi connectivity index (χ0n) is 16.7. The molecule has 0 amide bonds. The summed E-state index contributed by atoms with van der Waals surface area (Å²) in [7, 11) is 0. The van der Waals surface area contributed by atoms with Gasteiger partial charge in [-0.25, -0.2) is 0 Å². The van der Waals surface area contributed by atoms with Crippen LogP contribution in [0.25, 0.3) is 0 Å². The molecule has 4 aliphatic carbocycles. The summed E-state index contributed by atoms with van der Waals surface area (Å²) in [6.45, 7) is 5.37. The van der Waals surface area contributed by atoms with Crippen molar-refractivity contribution < 1.29 is 0 Å². The Morgan fingerprint density at radius 2 is 1.68 bits per heavy atom. The Labute approximate surface area is 156 Å². The van der Waals surface area contributed by atoms with Gasteiger partial charge in [-0.05, 0) is 105 Å². The highest BCUT2D eigenvalue weighted by Gasteiger charge is 2.59. The molecule has 0 bridgehead atoms. The third-order valence-electron chi connectivity index (χ3n) is 9.87. The summed E-state index contributed by atoms with van der Waals surface area (Å²) < 4.78 is 0. The van der Waals surface area contributed by atoms with Crippen LogP contribution in [-0.4, -0.2) is 0 Å². The maximum absolute atomic E-state index is 8.79. The molecule has 7 atom stereocenters. The number of rotatable bonds is 4. The Bertz CT molecular complexity index is 519. The smallest absolute Gasteiger partial charge is 0.0621 e. The first-order valence-electron chi connectivity index (χ1n) is 11.5. The van der Waals surface area contributed by atoms with Crippen LogP contribution in [0.3, 0.4) is 0 Å². The number of nitrogens with zero attached hydrogens (tertiary/aromatic N) is 1. The standard InChI is InChI=1S/C24H39N/c1-23-15-6-5-9-18(23)10-12-20-21-13-11-19(8-4-3-7-17-25)24(21,2)16-14-22(20)23/h18-22H,3-16H2,1-2H3. The molecule has 1 nitrogen and oxygen atoms in total. The topological polar surface area (TPSA) is 23.8 Å². The summed E-state index contributed by atoms with van der Waals surface area (Å²) in [6, 6.07) is 2.33. The molecule has 0 N–H and O–H groups in total. The van der Waals surface area contributed by atoms with E-state index in [9.17, 15) is 0 Å².